The van der Waals surface area contributed by atoms with Crippen molar-refractivity contribution in [1.82, 2.24) is 4.90 Å². The zero-order chi connectivity index (χ0) is 15.4. The monoisotopic (exact) mass is 311 g/mol. The van der Waals surface area contributed by atoms with E-state index in [9.17, 15) is 9.90 Å². The summed E-state index contributed by atoms with van der Waals surface area (Å²) in [5, 5.41) is 10.5. The molecule has 116 valence electrons. The number of likely N-dealkylation sites (N-methyl/N-ethyl adjacent to an activating group) is 1. The van der Waals surface area contributed by atoms with Gasteiger partial charge in [0.15, 0.2) is 0 Å². The molecule has 0 aromatic heterocycles. The van der Waals surface area contributed by atoms with E-state index in [1.54, 1.807) is 30.1 Å². The van der Waals surface area contributed by atoms with Crippen LogP contribution in [-0.2, 0) is 0 Å². The summed E-state index contributed by atoms with van der Waals surface area (Å²) in [4.78, 5) is 14.2. The van der Waals surface area contributed by atoms with Gasteiger partial charge in [-0.3, -0.25) is 4.79 Å². The molecule has 0 saturated heterocycles. The van der Waals surface area contributed by atoms with Crippen LogP contribution in [0.2, 0.25) is 5.02 Å². The minimum atomic E-state index is -0.439. The van der Waals surface area contributed by atoms with Crippen LogP contribution in [0.4, 0.5) is 0 Å². The Hall–Kier alpha value is -1.26. The summed E-state index contributed by atoms with van der Waals surface area (Å²) in [5.74, 6) is 0.460. The molecule has 2 atom stereocenters. The van der Waals surface area contributed by atoms with Crippen LogP contribution in [0.5, 0.6) is 5.75 Å². The van der Waals surface area contributed by atoms with E-state index in [-0.39, 0.29) is 11.9 Å². The summed E-state index contributed by atoms with van der Waals surface area (Å²) < 4.78 is 5.37. The third-order valence-corrected chi connectivity index (χ3v) is 4.29. The topological polar surface area (TPSA) is 49.8 Å². The lowest BCUT2D eigenvalue weighted by Gasteiger charge is -2.35. The lowest BCUT2D eigenvalue weighted by atomic mass is 9.91. The van der Waals surface area contributed by atoms with E-state index in [4.69, 9.17) is 16.3 Å². The molecule has 1 aromatic rings. The SMILES string of the molecule is CCOc1ccc(C(=O)N(C)C2CCCCC2O)cc1Cl. The number of halogens is 1. The average Bonchev–Trinajstić information content (AvgIpc) is 2.48. The first-order chi connectivity index (χ1) is 10.0. The zero-order valence-electron chi connectivity index (χ0n) is 12.5. The molecule has 1 amide bonds. The van der Waals surface area contributed by atoms with Crippen LogP contribution in [0.15, 0.2) is 18.2 Å². The van der Waals surface area contributed by atoms with Crippen LogP contribution in [0.1, 0.15) is 43.0 Å². The standard InChI is InChI=1S/C16H22ClNO3/c1-3-21-15-9-8-11(10-12(15)17)16(20)18(2)13-6-4-5-7-14(13)19/h8-10,13-14,19H,3-7H2,1-2H3. The molecule has 1 saturated carbocycles. The van der Waals surface area contributed by atoms with E-state index in [0.717, 1.165) is 25.7 Å². The Bertz CT molecular complexity index is 506. The number of benzene rings is 1. The number of hydrogen-bond donors (Lipinski definition) is 1. The molecule has 0 spiro atoms. The number of aliphatic hydroxyl groups is 1. The second-order valence-electron chi connectivity index (χ2n) is 5.41. The largest absolute Gasteiger partial charge is 0.492 e. The minimum Gasteiger partial charge on any atom is -0.492 e. The second kappa shape index (κ2) is 7.14. The molecule has 4 nitrogen and oxygen atoms in total. The van der Waals surface area contributed by atoms with Crippen LogP contribution >= 0.6 is 11.6 Å². The average molecular weight is 312 g/mol. The molecule has 21 heavy (non-hydrogen) atoms. The van der Waals surface area contributed by atoms with Crippen molar-refractivity contribution in [2.24, 2.45) is 0 Å². The molecular formula is C16H22ClNO3. The van der Waals surface area contributed by atoms with Crippen molar-refractivity contribution in [3.63, 3.8) is 0 Å². The summed E-state index contributed by atoms with van der Waals surface area (Å²) in [5.41, 5.74) is 0.517. The molecular weight excluding hydrogens is 290 g/mol. The lowest BCUT2D eigenvalue weighted by Crippen LogP contribution is -2.46. The van der Waals surface area contributed by atoms with Gasteiger partial charge < -0.3 is 14.7 Å². The molecule has 0 aliphatic heterocycles. The third kappa shape index (κ3) is 3.69. The third-order valence-electron chi connectivity index (χ3n) is 3.99. The van der Waals surface area contributed by atoms with E-state index < -0.39 is 6.10 Å². The van der Waals surface area contributed by atoms with Gasteiger partial charge >= 0.3 is 0 Å². The van der Waals surface area contributed by atoms with Crippen molar-refractivity contribution >= 4 is 17.5 Å². The summed E-state index contributed by atoms with van der Waals surface area (Å²) in [6.45, 7) is 2.41. The fourth-order valence-electron chi connectivity index (χ4n) is 2.80. The Morgan fingerprint density at radius 2 is 2.14 bits per heavy atom. The number of nitrogens with zero attached hydrogens (tertiary/aromatic N) is 1. The van der Waals surface area contributed by atoms with E-state index in [1.807, 2.05) is 6.92 Å². The normalized spacial score (nSPS) is 21.9. The number of ether oxygens (including phenoxy) is 1. The second-order valence-corrected chi connectivity index (χ2v) is 5.82. The highest BCUT2D eigenvalue weighted by molar-refractivity contribution is 6.32. The quantitative estimate of drug-likeness (QED) is 0.929. The van der Waals surface area contributed by atoms with Crippen LogP contribution in [0.3, 0.4) is 0 Å². The van der Waals surface area contributed by atoms with Crippen molar-refractivity contribution in [2.75, 3.05) is 13.7 Å². The fraction of sp³-hybridized carbons (Fsp3) is 0.562. The van der Waals surface area contributed by atoms with Gasteiger partial charge in [0.1, 0.15) is 5.75 Å². The van der Waals surface area contributed by atoms with Crippen molar-refractivity contribution in [3.05, 3.63) is 28.8 Å². The lowest BCUT2D eigenvalue weighted by molar-refractivity contribution is 0.0268. The van der Waals surface area contributed by atoms with Gasteiger partial charge in [-0.05, 0) is 38.0 Å². The maximum absolute atomic E-state index is 12.5. The molecule has 1 aromatic carbocycles. The van der Waals surface area contributed by atoms with E-state index in [0.29, 0.717) is 22.9 Å². The molecule has 5 heteroatoms. The molecule has 1 aliphatic rings. The Morgan fingerprint density at radius 1 is 1.43 bits per heavy atom. The molecule has 1 aliphatic carbocycles. The van der Waals surface area contributed by atoms with Crippen molar-refractivity contribution in [1.29, 1.82) is 0 Å². The highest BCUT2D eigenvalue weighted by Gasteiger charge is 2.30. The maximum Gasteiger partial charge on any atom is 0.253 e. The summed E-state index contributed by atoms with van der Waals surface area (Å²) in [6, 6.07) is 4.94. The van der Waals surface area contributed by atoms with Gasteiger partial charge in [-0.15, -0.1) is 0 Å². The summed E-state index contributed by atoms with van der Waals surface area (Å²) in [6.07, 6.45) is 3.23. The number of amides is 1. The number of carbonyl (C=O) groups is 1. The molecule has 0 radical (unpaired) electrons. The Balaban J connectivity index is 2.13. The van der Waals surface area contributed by atoms with Crippen LogP contribution in [0, 0.1) is 0 Å². The van der Waals surface area contributed by atoms with Gasteiger partial charge in [-0.1, -0.05) is 24.4 Å². The van der Waals surface area contributed by atoms with Gasteiger partial charge in [-0.25, -0.2) is 0 Å². The summed E-state index contributed by atoms with van der Waals surface area (Å²) >= 11 is 6.13. The van der Waals surface area contributed by atoms with Crippen molar-refractivity contribution in [3.8, 4) is 5.75 Å². The Kier molecular flexibility index (Phi) is 5.48. The zero-order valence-corrected chi connectivity index (χ0v) is 13.3. The van der Waals surface area contributed by atoms with Gasteiger partial charge in [0.2, 0.25) is 0 Å². The molecule has 0 bridgehead atoms. The van der Waals surface area contributed by atoms with Gasteiger partial charge in [0, 0.05) is 12.6 Å². The van der Waals surface area contributed by atoms with Crippen LogP contribution in [0.25, 0.3) is 0 Å². The number of carbonyl (C=O) groups excluding carboxylic acids is 1. The highest BCUT2D eigenvalue weighted by atomic mass is 35.5. The summed E-state index contributed by atoms with van der Waals surface area (Å²) in [7, 11) is 1.74. The Morgan fingerprint density at radius 3 is 2.76 bits per heavy atom. The maximum atomic E-state index is 12.5. The molecule has 0 heterocycles. The highest BCUT2D eigenvalue weighted by Crippen LogP contribution is 2.28. The van der Waals surface area contributed by atoms with Crippen LogP contribution < -0.4 is 4.74 Å². The van der Waals surface area contributed by atoms with E-state index >= 15 is 0 Å². The minimum absolute atomic E-state index is 0.114. The van der Waals surface area contributed by atoms with Crippen molar-refractivity contribution in [2.45, 2.75) is 44.8 Å². The molecule has 1 fully saturated rings. The number of aliphatic hydroxyl groups excluding tert-OH is 1. The Labute approximate surface area is 130 Å². The fourth-order valence-corrected chi connectivity index (χ4v) is 3.04. The predicted molar refractivity (Wildman–Crippen MR) is 83.0 cm³/mol. The van der Waals surface area contributed by atoms with Gasteiger partial charge in [0.05, 0.1) is 23.8 Å². The first-order valence-corrected chi connectivity index (χ1v) is 7.80. The predicted octanol–water partition coefficient (Wildman–Crippen LogP) is 3.11. The smallest absolute Gasteiger partial charge is 0.253 e. The molecule has 2 unspecified atom stereocenters. The van der Waals surface area contributed by atoms with E-state index in [1.165, 1.54) is 0 Å². The molecule has 1 N–H and O–H groups in total. The van der Waals surface area contributed by atoms with Gasteiger partial charge in [0.25, 0.3) is 5.91 Å². The van der Waals surface area contributed by atoms with Crippen molar-refractivity contribution < 1.29 is 14.6 Å². The van der Waals surface area contributed by atoms with Gasteiger partial charge in [-0.2, -0.15) is 0 Å². The van der Waals surface area contributed by atoms with E-state index in [2.05, 4.69) is 0 Å². The number of rotatable bonds is 4. The molecule has 2 rings (SSSR count). The first-order valence-electron chi connectivity index (χ1n) is 7.42. The first kappa shape index (κ1) is 16.1. The number of hydrogen-bond acceptors (Lipinski definition) is 3. The van der Waals surface area contributed by atoms with Crippen LogP contribution in [-0.4, -0.2) is 41.7 Å².